The summed E-state index contributed by atoms with van der Waals surface area (Å²) in [6, 6.07) is 0. The average Bonchev–Trinajstić information content (AvgIpc) is 2.73. The molecule has 7 nitrogen and oxygen atoms in total. The molecule has 1 saturated heterocycles. The summed E-state index contributed by atoms with van der Waals surface area (Å²) in [5, 5.41) is 0. The number of hydrogen-bond donors (Lipinski definition) is 0. The van der Waals surface area contributed by atoms with Gasteiger partial charge < -0.3 is 4.74 Å². The van der Waals surface area contributed by atoms with Crippen LogP contribution < -0.4 is 0 Å². The van der Waals surface area contributed by atoms with E-state index in [0.29, 0.717) is 0 Å². The molecule has 2 atom stereocenters. The molecule has 9 heteroatoms. The Bertz CT molecular complexity index is 369. The van der Waals surface area contributed by atoms with Crippen molar-refractivity contribution in [2.45, 2.75) is 12.2 Å². The van der Waals surface area contributed by atoms with Crippen molar-refractivity contribution >= 4 is 20.2 Å². The Morgan fingerprint density at radius 2 is 1.27 bits per heavy atom. The van der Waals surface area contributed by atoms with Crippen LogP contribution in [0, 0.1) is 0 Å². The lowest BCUT2D eigenvalue weighted by atomic mass is 10.3. The first-order valence-corrected chi connectivity index (χ1v) is 7.65. The minimum atomic E-state index is -3.49. The van der Waals surface area contributed by atoms with Crippen molar-refractivity contribution in [3.8, 4) is 0 Å². The predicted octanol–water partition coefficient (Wildman–Crippen LogP) is -1.29. The van der Waals surface area contributed by atoms with Gasteiger partial charge in [0.05, 0.1) is 25.7 Å². The van der Waals surface area contributed by atoms with Gasteiger partial charge in [0.2, 0.25) is 0 Å². The van der Waals surface area contributed by atoms with Gasteiger partial charge in [-0.1, -0.05) is 0 Å². The fourth-order valence-electron chi connectivity index (χ4n) is 0.854. The van der Waals surface area contributed by atoms with E-state index in [0.717, 1.165) is 12.5 Å². The first-order valence-electron chi connectivity index (χ1n) is 4.02. The summed E-state index contributed by atoms with van der Waals surface area (Å²) in [5.41, 5.74) is 0. The third-order valence-electron chi connectivity index (χ3n) is 1.58. The van der Waals surface area contributed by atoms with E-state index in [1.165, 1.54) is 0 Å². The highest BCUT2D eigenvalue weighted by Gasteiger charge is 2.40. The van der Waals surface area contributed by atoms with Crippen molar-refractivity contribution in [3.63, 3.8) is 0 Å². The highest BCUT2D eigenvalue weighted by molar-refractivity contribution is 7.86. The van der Waals surface area contributed by atoms with Gasteiger partial charge in [-0.2, -0.15) is 16.8 Å². The maximum absolute atomic E-state index is 10.6. The molecule has 0 amide bonds. The van der Waals surface area contributed by atoms with Crippen LogP contribution in [-0.4, -0.2) is 54.8 Å². The predicted molar refractivity (Wildman–Crippen MR) is 50.3 cm³/mol. The highest BCUT2D eigenvalue weighted by Crippen LogP contribution is 2.23. The summed E-state index contributed by atoms with van der Waals surface area (Å²) in [6.07, 6.45) is 1.03. The molecule has 0 aromatic heterocycles. The molecule has 1 fully saturated rings. The quantitative estimate of drug-likeness (QED) is 0.432. The van der Waals surface area contributed by atoms with E-state index in [-0.39, 0.29) is 13.2 Å². The highest BCUT2D eigenvalue weighted by atomic mass is 32.2. The maximum atomic E-state index is 10.6. The molecule has 0 aromatic carbocycles. The summed E-state index contributed by atoms with van der Waals surface area (Å²) in [6.45, 7) is -0.229. The maximum Gasteiger partial charge on any atom is 0.264 e. The molecule has 1 aliphatic rings. The van der Waals surface area contributed by atoms with E-state index in [1.807, 2.05) is 0 Å². The van der Waals surface area contributed by atoms with Crippen LogP contribution in [0.25, 0.3) is 0 Å². The molecule has 0 aliphatic carbocycles. The lowest BCUT2D eigenvalue weighted by Gasteiger charge is -1.98. The fraction of sp³-hybridized carbons (Fsp3) is 1.00. The van der Waals surface area contributed by atoms with Crippen molar-refractivity contribution in [3.05, 3.63) is 0 Å². The summed E-state index contributed by atoms with van der Waals surface area (Å²) in [7, 11) is -6.97. The molecule has 0 unspecified atom stereocenters. The molecule has 0 saturated carbocycles. The Labute approximate surface area is 88.6 Å². The topological polar surface area (TPSA) is 99.3 Å². The smallest absolute Gasteiger partial charge is 0.264 e. The molecule has 0 N–H and O–H groups in total. The number of rotatable bonds is 6. The van der Waals surface area contributed by atoms with Crippen LogP contribution in [0.1, 0.15) is 0 Å². The van der Waals surface area contributed by atoms with Gasteiger partial charge in [-0.15, -0.1) is 0 Å². The molecular formula is C6H12O7S2. The van der Waals surface area contributed by atoms with Crippen LogP contribution in [0.4, 0.5) is 0 Å². The van der Waals surface area contributed by atoms with Crippen LogP contribution in [0.2, 0.25) is 0 Å². The van der Waals surface area contributed by atoms with Crippen LogP contribution in [0.15, 0.2) is 0 Å². The van der Waals surface area contributed by atoms with Crippen molar-refractivity contribution in [1.82, 2.24) is 0 Å². The Morgan fingerprint density at radius 3 is 1.53 bits per heavy atom. The molecule has 90 valence electrons. The third kappa shape index (κ3) is 6.05. The van der Waals surface area contributed by atoms with Gasteiger partial charge in [0.25, 0.3) is 20.2 Å². The molecule has 1 heterocycles. The summed E-state index contributed by atoms with van der Waals surface area (Å²) >= 11 is 0. The SMILES string of the molecule is CS(=O)(=O)OC[C@@H]1O[C@@H]1COS(C)(=O)=O. The summed E-state index contributed by atoms with van der Waals surface area (Å²) < 4.78 is 56.2. The minimum Gasteiger partial charge on any atom is -0.364 e. The average molecular weight is 260 g/mol. The van der Waals surface area contributed by atoms with Crippen LogP contribution in [-0.2, 0) is 33.3 Å². The van der Waals surface area contributed by atoms with E-state index in [1.54, 1.807) is 0 Å². The van der Waals surface area contributed by atoms with Crippen molar-refractivity contribution in [2.75, 3.05) is 25.7 Å². The van der Waals surface area contributed by atoms with E-state index in [2.05, 4.69) is 8.37 Å². The second-order valence-corrected chi connectivity index (χ2v) is 6.48. The molecule has 0 spiro atoms. The zero-order valence-electron chi connectivity index (χ0n) is 8.24. The van der Waals surface area contributed by atoms with E-state index >= 15 is 0 Å². The lowest BCUT2D eigenvalue weighted by molar-refractivity contribution is 0.249. The van der Waals surface area contributed by atoms with E-state index in [9.17, 15) is 16.8 Å². The fourth-order valence-corrected chi connectivity index (χ4v) is 1.62. The van der Waals surface area contributed by atoms with Gasteiger partial charge >= 0.3 is 0 Å². The second-order valence-electron chi connectivity index (χ2n) is 3.19. The lowest BCUT2D eigenvalue weighted by Crippen LogP contribution is -2.14. The summed E-state index contributed by atoms with van der Waals surface area (Å²) in [4.78, 5) is 0. The molecule has 0 aromatic rings. The third-order valence-corrected chi connectivity index (χ3v) is 2.71. The molecule has 1 aliphatic heterocycles. The summed E-state index contributed by atoms with van der Waals surface area (Å²) in [5.74, 6) is 0. The minimum absolute atomic E-state index is 0.114. The van der Waals surface area contributed by atoms with Crippen LogP contribution >= 0.6 is 0 Å². The molecule has 0 bridgehead atoms. The zero-order chi connectivity index (χ0) is 11.7. The van der Waals surface area contributed by atoms with Gasteiger partial charge in [-0.3, -0.25) is 8.37 Å². The molecule has 1 rings (SSSR count). The normalized spacial score (nSPS) is 26.5. The van der Waals surface area contributed by atoms with Crippen LogP contribution in [0.3, 0.4) is 0 Å². The van der Waals surface area contributed by atoms with Crippen molar-refractivity contribution < 1.29 is 29.9 Å². The standard InChI is InChI=1S/C6H12O7S2/c1-14(7,8)11-3-5-6(13-5)4-12-15(2,9)10/h5-6H,3-4H2,1-2H3/t5-,6+. The first-order chi connectivity index (χ1) is 6.67. The second kappa shape index (κ2) is 4.34. The molecule has 15 heavy (non-hydrogen) atoms. The van der Waals surface area contributed by atoms with E-state index in [4.69, 9.17) is 4.74 Å². The Kier molecular flexibility index (Phi) is 3.71. The number of ether oxygens (including phenoxy) is 1. The van der Waals surface area contributed by atoms with Crippen LogP contribution in [0.5, 0.6) is 0 Å². The first kappa shape index (κ1) is 12.8. The van der Waals surface area contributed by atoms with Gasteiger partial charge in [-0.25, -0.2) is 0 Å². The number of epoxide rings is 1. The van der Waals surface area contributed by atoms with Crippen molar-refractivity contribution in [1.29, 1.82) is 0 Å². The van der Waals surface area contributed by atoms with Gasteiger partial charge in [0, 0.05) is 0 Å². The van der Waals surface area contributed by atoms with Gasteiger partial charge in [-0.05, 0) is 0 Å². The molecular weight excluding hydrogens is 248 g/mol. The Hall–Kier alpha value is -0.220. The molecule has 0 radical (unpaired) electrons. The Morgan fingerprint density at radius 1 is 0.933 bits per heavy atom. The zero-order valence-corrected chi connectivity index (χ0v) is 9.88. The monoisotopic (exact) mass is 260 g/mol. The van der Waals surface area contributed by atoms with E-state index < -0.39 is 32.4 Å². The Balaban J connectivity index is 2.19. The van der Waals surface area contributed by atoms with Crippen molar-refractivity contribution in [2.24, 2.45) is 0 Å². The van der Waals surface area contributed by atoms with Gasteiger partial charge in [0.1, 0.15) is 12.2 Å². The largest absolute Gasteiger partial charge is 0.364 e. The number of hydrogen-bond acceptors (Lipinski definition) is 7. The van der Waals surface area contributed by atoms with Gasteiger partial charge in [0.15, 0.2) is 0 Å².